The van der Waals surface area contributed by atoms with Gasteiger partial charge >= 0.3 is 6.03 Å². The molecular formula is C24H23N5O2. The summed E-state index contributed by atoms with van der Waals surface area (Å²) in [7, 11) is 0. The average Bonchev–Trinajstić information content (AvgIpc) is 2.77. The first-order chi connectivity index (χ1) is 15.0. The first kappa shape index (κ1) is 21.5. The Kier molecular flexibility index (Phi) is 6.97. The van der Waals surface area contributed by atoms with Gasteiger partial charge in [0.25, 0.3) is 0 Å². The number of nitrogen functional groups attached to an aromatic ring is 1. The number of likely N-dealkylation sites (tertiary alicyclic amines) is 1. The lowest BCUT2D eigenvalue weighted by Crippen LogP contribution is -2.58. The fourth-order valence-electron chi connectivity index (χ4n) is 3.18. The van der Waals surface area contributed by atoms with E-state index in [1.165, 1.54) is 0 Å². The Bertz CT molecular complexity index is 1020. The Hall–Kier alpha value is -4.18. The number of anilines is 1. The van der Waals surface area contributed by atoms with Crippen molar-refractivity contribution in [3.8, 4) is 6.07 Å². The molecule has 1 unspecified atom stereocenters. The van der Waals surface area contributed by atoms with Gasteiger partial charge in [-0.05, 0) is 35.7 Å². The predicted molar refractivity (Wildman–Crippen MR) is 118 cm³/mol. The van der Waals surface area contributed by atoms with Gasteiger partial charge in [-0.2, -0.15) is 5.26 Å². The molecule has 4 rings (SSSR count). The van der Waals surface area contributed by atoms with E-state index < -0.39 is 12.1 Å². The van der Waals surface area contributed by atoms with Crippen molar-refractivity contribution in [3.05, 3.63) is 95.7 Å². The van der Waals surface area contributed by atoms with Crippen LogP contribution in [0.15, 0.2) is 79.0 Å². The van der Waals surface area contributed by atoms with Crippen LogP contribution in [0, 0.1) is 18.3 Å². The van der Waals surface area contributed by atoms with E-state index >= 15 is 0 Å². The Morgan fingerprint density at radius 2 is 1.71 bits per heavy atom. The summed E-state index contributed by atoms with van der Waals surface area (Å²) in [6.45, 7) is 1.98. The zero-order chi connectivity index (χ0) is 22.2. The number of aromatic nitrogens is 1. The lowest BCUT2D eigenvalue weighted by molar-refractivity contribution is -0.138. The number of pyridine rings is 1. The van der Waals surface area contributed by atoms with Crippen LogP contribution in [0.1, 0.15) is 29.2 Å². The highest BCUT2D eigenvalue weighted by Gasteiger charge is 2.41. The fourth-order valence-corrected chi connectivity index (χ4v) is 3.18. The van der Waals surface area contributed by atoms with Crippen molar-refractivity contribution in [1.82, 2.24) is 15.2 Å². The molecule has 1 aliphatic heterocycles. The van der Waals surface area contributed by atoms with Crippen molar-refractivity contribution in [1.29, 1.82) is 5.26 Å². The molecule has 1 atom stereocenters. The van der Waals surface area contributed by atoms with Gasteiger partial charge < -0.3 is 11.1 Å². The van der Waals surface area contributed by atoms with E-state index in [9.17, 15) is 9.59 Å². The molecule has 156 valence electrons. The van der Waals surface area contributed by atoms with Gasteiger partial charge in [-0.1, -0.05) is 60.7 Å². The zero-order valence-corrected chi connectivity index (χ0v) is 17.1. The number of hydrogen-bond acceptors (Lipinski definition) is 5. The number of nitrogens with one attached hydrogen (secondary N) is 1. The number of urea groups is 1. The van der Waals surface area contributed by atoms with Gasteiger partial charge in [0.15, 0.2) is 0 Å². The molecule has 1 saturated heterocycles. The smallest absolute Gasteiger partial charge is 0.326 e. The Morgan fingerprint density at radius 3 is 2.13 bits per heavy atom. The van der Waals surface area contributed by atoms with Gasteiger partial charge in [0.05, 0.1) is 18.5 Å². The van der Waals surface area contributed by atoms with Crippen molar-refractivity contribution in [3.63, 3.8) is 0 Å². The fraction of sp³-hybridized carbons (Fsp3) is 0.167. The van der Waals surface area contributed by atoms with Gasteiger partial charge in [0, 0.05) is 6.20 Å². The summed E-state index contributed by atoms with van der Waals surface area (Å²) in [6, 6.07) is 23.2. The molecule has 7 heteroatoms. The number of imide groups is 1. The Morgan fingerprint density at radius 1 is 1.13 bits per heavy atom. The van der Waals surface area contributed by atoms with Gasteiger partial charge in [0.1, 0.15) is 11.9 Å². The second-order valence-corrected chi connectivity index (χ2v) is 7.07. The highest BCUT2D eigenvalue weighted by molar-refractivity contribution is 6.00. The van der Waals surface area contributed by atoms with Crippen molar-refractivity contribution in [2.45, 2.75) is 25.4 Å². The molecule has 31 heavy (non-hydrogen) atoms. The van der Waals surface area contributed by atoms with Crippen LogP contribution < -0.4 is 11.1 Å². The van der Waals surface area contributed by atoms with Crippen molar-refractivity contribution < 1.29 is 9.59 Å². The van der Waals surface area contributed by atoms with E-state index in [2.05, 4.69) is 10.3 Å². The molecule has 0 radical (unpaired) electrons. The Labute approximate surface area is 181 Å². The van der Waals surface area contributed by atoms with Gasteiger partial charge in [-0.25, -0.2) is 14.7 Å². The summed E-state index contributed by atoms with van der Waals surface area (Å²) in [6.07, 6.45) is 1.80. The van der Waals surface area contributed by atoms with Gasteiger partial charge in [0.2, 0.25) is 5.91 Å². The number of carbonyl (C=O) groups excluding carboxylic acids is 2. The van der Waals surface area contributed by atoms with E-state index in [4.69, 9.17) is 11.0 Å². The van der Waals surface area contributed by atoms with E-state index in [0.29, 0.717) is 5.82 Å². The molecule has 2 aromatic carbocycles. The van der Waals surface area contributed by atoms with Crippen LogP contribution in [-0.4, -0.2) is 27.9 Å². The number of aryl methyl sites for hydroxylation is 1. The maximum absolute atomic E-state index is 12.4. The number of nitrogens with zero attached hydrogens (tertiary/aromatic N) is 3. The molecule has 3 aromatic rings. The third kappa shape index (κ3) is 5.46. The predicted octanol–water partition coefficient (Wildman–Crippen LogP) is 3.58. The summed E-state index contributed by atoms with van der Waals surface area (Å²) in [5, 5.41) is 11.8. The van der Waals surface area contributed by atoms with Crippen LogP contribution in [0.3, 0.4) is 0 Å². The van der Waals surface area contributed by atoms with E-state index in [1.54, 1.807) is 6.20 Å². The van der Waals surface area contributed by atoms with Gasteiger partial charge in [-0.15, -0.1) is 0 Å². The molecule has 1 aliphatic rings. The topological polar surface area (TPSA) is 112 Å². The third-order valence-corrected chi connectivity index (χ3v) is 4.79. The highest BCUT2D eigenvalue weighted by Crippen LogP contribution is 2.24. The molecular weight excluding hydrogens is 390 g/mol. The van der Waals surface area contributed by atoms with Crippen LogP contribution in [0.2, 0.25) is 0 Å². The minimum atomic E-state index is -0.672. The molecule has 3 N–H and O–H groups in total. The number of nitrogens with two attached hydrogens (primary N) is 1. The second kappa shape index (κ2) is 10.0. The van der Waals surface area contributed by atoms with Crippen molar-refractivity contribution >= 4 is 17.8 Å². The van der Waals surface area contributed by atoms with Crippen LogP contribution in [0.5, 0.6) is 0 Å². The molecule has 2 heterocycles. The number of amides is 3. The molecule has 0 aliphatic carbocycles. The van der Waals surface area contributed by atoms with Crippen LogP contribution in [0.25, 0.3) is 0 Å². The zero-order valence-electron chi connectivity index (χ0n) is 17.1. The number of nitriles is 1. The normalized spacial score (nSPS) is 14.7. The molecule has 7 nitrogen and oxygen atoms in total. The average molecular weight is 413 g/mol. The quantitative estimate of drug-likeness (QED) is 0.637. The third-order valence-electron chi connectivity index (χ3n) is 4.79. The summed E-state index contributed by atoms with van der Waals surface area (Å²) in [5.41, 5.74) is 8.32. The number of carbonyl (C=O) groups is 2. The molecule has 0 spiro atoms. The number of rotatable bonds is 3. The van der Waals surface area contributed by atoms with E-state index in [0.717, 1.165) is 21.6 Å². The summed E-state index contributed by atoms with van der Waals surface area (Å²) < 4.78 is 0. The molecule has 1 fully saturated rings. The maximum atomic E-state index is 12.4. The van der Waals surface area contributed by atoms with Gasteiger partial charge in [-0.3, -0.25) is 4.79 Å². The first-order valence-corrected chi connectivity index (χ1v) is 9.79. The van der Waals surface area contributed by atoms with Crippen molar-refractivity contribution in [2.75, 3.05) is 5.73 Å². The SMILES string of the molecule is Cc1ccnc(N)c1.N#CC1CC(=O)N1C(=O)NC(c1ccccc1)c1ccccc1. The first-order valence-electron chi connectivity index (χ1n) is 9.79. The lowest BCUT2D eigenvalue weighted by Gasteiger charge is -2.35. The van der Waals surface area contributed by atoms with Crippen LogP contribution >= 0.6 is 0 Å². The van der Waals surface area contributed by atoms with Crippen LogP contribution in [-0.2, 0) is 4.79 Å². The molecule has 3 amide bonds. The summed E-state index contributed by atoms with van der Waals surface area (Å²) in [5.74, 6) is 0.263. The number of benzene rings is 2. The summed E-state index contributed by atoms with van der Waals surface area (Å²) >= 11 is 0. The van der Waals surface area contributed by atoms with E-state index in [-0.39, 0.29) is 18.4 Å². The standard InChI is InChI=1S/C18H15N3O2.C6H8N2/c19-12-15-11-16(22)21(15)18(23)20-17(13-7-3-1-4-8-13)14-9-5-2-6-10-14;1-5-2-3-8-6(7)4-5/h1-10,15,17H,11H2,(H,20,23);2-4H,1H3,(H2,7,8). The number of β-lactam (4-membered cyclic amide) rings is 1. The van der Waals surface area contributed by atoms with Crippen molar-refractivity contribution in [2.24, 2.45) is 0 Å². The minimum Gasteiger partial charge on any atom is -0.384 e. The molecule has 0 saturated carbocycles. The van der Waals surface area contributed by atoms with E-state index in [1.807, 2.05) is 85.8 Å². The second-order valence-electron chi connectivity index (χ2n) is 7.07. The number of hydrogen-bond donors (Lipinski definition) is 2. The Balaban J connectivity index is 0.000000287. The largest absolute Gasteiger partial charge is 0.384 e. The van der Waals surface area contributed by atoms with Crippen LogP contribution in [0.4, 0.5) is 10.6 Å². The maximum Gasteiger partial charge on any atom is 0.326 e. The summed E-state index contributed by atoms with van der Waals surface area (Å²) in [4.78, 5) is 28.8. The minimum absolute atomic E-state index is 0.102. The molecule has 1 aromatic heterocycles. The molecule has 0 bridgehead atoms. The monoisotopic (exact) mass is 413 g/mol. The highest BCUT2D eigenvalue weighted by atomic mass is 16.2. The lowest BCUT2D eigenvalue weighted by atomic mass is 9.98.